The quantitative estimate of drug-likeness (QED) is 0.901. The van der Waals surface area contributed by atoms with Crippen LogP contribution in [0.5, 0.6) is 0 Å². The molecule has 0 fully saturated rings. The molecule has 0 radical (unpaired) electrons. The van der Waals surface area contributed by atoms with E-state index in [2.05, 4.69) is 59.9 Å². The van der Waals surface area contributed by atoms with E-state index in [1.165, 1.54) is 11.1 Å². The Morgan fingerprint density at radius 2 is 2.06 bits per heavy atom. The smallest absolute Gasteiger partial charge is 0.0242 e. The van der Waals surface area contributed by atoms with Gasteiger partial charge >= 0.3 is 0 Å². The Labute approximate surface area is 107 Å². The van der Waals surface area contributed by atoms with Crippen LogP contribution in [0, 0.1) is 5.92 Å². The van der Waals surface area contributed by atoms with Crippen molar-refractivity contribution in [2.75, 3.05) is 13.6 Å². The first-order chi connectivity index (χ1) is 7.52. The number of rotatable bonds is 5. The van der Waals surface area contributed by atoms with E-state index in [9.17, 15) is 0 Å². The fourth-order valence-electron chi connectivity index (χ4n) is 1.82. The summed E-state index contributed by atoms with van der Waals surface area (Å²) in [5.74, 6) is 0.701. The van der Waals surface area contributed by atoms with Crippen molar-refractivity contribution in [2.24, 2.45) is 11.7 Å². The fourth-order valence-corrected chi connectivity index (χ4v) is 2.38. The monoisotopic (exact) mass is 284 g/mol. The second kappa shape index (κ2) is 6.38. The van der Waals surface area contributed by atoms with E-state index < -0.39 is 0 Å². The molecule has 0 aliphatic heterocycles. The second-order valence-corrected chi connectivity index (χ2v) is 5.57. The SMILES string of the molecule is CC(C)CN(C)Cc1ccc(CN)cc1Br. The van der Waals surface area contributed by atoms with Crippen LogP contribution < -0.4 is 5.73 Å². The largest absolute Gasteiger partial charge is 0.326 e. The molecule has 0 unspecified atom stereocenters. The third-order valence-corrected chi connectivity index (χ3v) is 3.21. The summed E-state index contributed by atoms with van der Waals surface area (Å²) in [5, 5.41) is 0. The number of nitrogens with zero attached hydrogens (tertiary/aromatic N) is 1. The summed E-state index contributed by atoms with van der Waals surface area (Å²) in [5.41, 5.74) is 8.09. The van der Waals surface area contributed by atoms with Crippen LogP contribution in [0.25, 0.3) is 0 Å². The number of halogens is 1. The summed E-state index contributed by atoms with van der Waals surface area (Å²) in [6.45, 7) is 7.17. The van der Waals surface area contributed by atoms with Gasteiger partial charge in [-0.2, -0.15) is 0 Å². The van der Waals surface area contributed by atoms with Gasteiger partial charge in [0.2, 0.25) is 0 Å². The Hall–Kier alpha value is -0.380. The van der Waals surface area contributed by atoms with Crippen LogP contribution in [-0.2, 0) is 13.1 Å². The van der Waals surface area contributed by atoms with E-state index in [1.807, 2.05) is 0 Å². The van der Waals surface area contributed by atoms with Crippen molar-refractivity contribution in [1.82, 2.24) is 4.90 Å². The third-order valence-electron chi connectivity index (χ3n) is 2.47. The van der Waals surface area contributed by atoms with Gasteiger partial charge in [0, 0.05) is 24.1 Å². The lowest BCUT2D eigenvalue weighted by Crippen LogP contribution is -2.22. The molecule has 1 aromatic carbocycles. The maximum atomic E-state index is 5.60. The molecule has 0 saturated carbocycles. The minimum Gasteiger partial charge on any atom is -0.326 e. The molecule has 0 heterocycles. The normalized spacial score (nSPS) is 11.4. The van der Waals surface area contributed by atoms with Gasteiger partial charge in [0.25, 0.3) is 0 Å². The van der Waals surface area contributed by atoms with Crippen molar-refractivity contribution >= 4 is 15.9 Å². The molecule has 0 bridgehead atoms. The predicted octanol–water partition coefficient (Wildman–Crippen LogP) is 3.00. The first kappa shape index (κ1) is 13.7. The van der Waals surface area contributed by atoms with Gasteiger partial charge in [-0.1, -0.05) is 41.9 Å². The Morgan fingerprint density at radius 3 is 2.56 bits per heavy atom. The molecule has 16 heavy (non-hydrogen) atoms. The van der Waals surface area contributed by atoms with Crippen molar-refractivity contribution in [3.63, 3.8) is 0 Å². The standard InChI is InChI=1S/C13H21BrN2/c1-10(2)8-16(3)9-12-5-4-11(7-15)6-13(12)14/h4-6,10H,7-9,15H2,1-3H3. The van der Waals surface area contributed by atoms with Gasteiger partial charge in [0.1, 0.15) is 0 Å². The Balaban J connectivity index is 2.66. The van der Waals surface area contributed by atoms with Crippen LogP contribution in [0.3, 0.4) is 0 Å². The lowest BCUT2D eigenvalue weighted by molar-refractivity contribution is 0.288. The highest BCUT2D eigenvalue weighted by molar-refractivity contribution is 9.10. The second-order valence-electron chi connectivity index (χ2n) is 4.72. The first-order valence-electron chi connectivity index (χ1n) is 5.68. The lowest BCUT2D eigenvalue weighted by atomic mass is 10.1. The number of nitrogens with two attached hydrogens (primary N) is 1. The fraction of sp³-hybridized carbons (Fsp3) is 0.538. The average Bonchev–Trinajstić information content (AvgIpc) is 2.19. The van der Waals surface area contributed by atoms with E-state index in [0.29, 0.717) is 12.5 Å². The molecule has 0 aliphatic carbocycles. The molecule has 2 N–H and O–H groups in total. The molecule has 0 aliphatic rings. The molecule has 90 valence electrons. The number of benzene rings is 1. The van der Waals surface area contributed by atoms with Crippen molar-refractivity contribution in [3.05, 3.63) is 33.8 Å². The highest BCUT2D eigenvalue weighted by Crippen LogP contribution is 2.20. The first-order valence-corrected chi connectivity index (χ1v) is 6.48. The van der Waals surface area contributed by atoms with E-state index in [1.54, 1.807) is 0 Å². The maximum Gasteiger partial charge on any atom is 0.0242 e. The summed E-state index contributed by atoms with van der Waals surface area (Å²) in [7, 11) is 2.16. The average molecular weight is 285 g/mol. The molecule has 0 atom stereocenters. The molecule has 0 spiro atoms. The Bertz CT molecular complexity index is 337. The maximum absolute atomic E-state index is 5.60. The topological polar surface area (TPSA) is 29.3 Å². The van der Waals surface area contributed by atoms with Crippen LogP contribution in [-0.4, -0.2) is 18.5 Å². The summed E-state index contributed by atoms with van der Waals surface area (Å²) in [6.07, 6.45) is 0. The van der Waals surface area contributed by atoms with Crippen molar-refractivity contribution in [1.29, 1.82) is 0 Å². The van der Waals surface area contributed by atoms with Gasteiger partial charge in [-0.25, -0.2) is 0 Å². The van der Waals surface area contributed by atoms with Gasteiger partial charge in [-0.15, -0.1) is 0 Å². The minimum absolute atomic E-state index is 0.598. The van der Waals surface area contributed by atoms with Crippen LogP contribution in [0.2, 0.25) is 0 Å². The van der Waals surface area contributed by atoms with Crippen LogP contribution in [0.15, 0.2) is 22.7 Å². The summed E-state index contributed by atoms with van der Waals surface area (Å²) in [4.78, 5) is 2.34. The van der Waals surface area contributed by atoms with E-state index in [0.717, 1.165) is 17.6 Å². The lowest BCUT2D eigenvalue weighted by Gasteiger charge is -2.19. The van der Waals surface area contributed by atoms with Crippen molar-refractivity contribution < 1.29 is 0 Å². The molecule has 0 saturated heterocycles. The number of hydrogen-bond donors (Lipinski definition) is 1. The summed E-state index contributed by atoms with van der Waals surface area (Å²) in [6, 6.07) is 6.37. The van der Waals surface area contributed by atoms with Gasteiger partial charge in [-0.05, 0) is 30.2 Å². The highest BCUT2D eigenvalue weighted by Gasteiger charge is 2.06. The molecule has 3 heteroatoms. The summed E-state index contributed by atoms with van der Waals surface area (Å²) < 4.78 is 1.16. The van der Waals surface area contributed by atoms with Gasteiger partial charge < -0.3 is 10.6 Å². The molecular weight excluding hydrogens is 264 g/mol. The Kier molecular flexibility index (Phi) is 5.46. The van der Waals surface area contributed by atoms with Gasteiger partial charge in [0.05, 0.1) is 0 Å². The zero-order chi connectivity index (χ0) is 12.1. The highest BCUT2D eigenvalue weighted by atomic mass is 79.9. The van der Waals surface area contributed by atoms with Crippen LogP contribution >= 0.6 is 15.9 Å². The van der Waals surface area contributed by atoms with Crippen molar-refractivity contribution in [2.45, 2.75) is 26.9 Å². The third kappa shape index (κ3) is 4.24. The summed E-state index contributed by atoms with van der Waals surface area (Å²) >= 11 is 3.60. The number of hydrogen-bond acceptors (Lipinski definition) is 2. The minimum atomic E-state index is 0.598. The molecule has 0 amide bonds. The van der Waals surface area contributed by atoms with E-state index >= 15 is 0 Å². The molecule has 1 aromatic rings. The van der Waals surface area contributed by atoms with E-state index in [4.69, 9.17) is 5.73 Å². The molecule has 1 rings (SSSR count). The van der Waals surface area contributed by atoms with E-state index in [-0.39, 0.29) is 0 Å². The van der Waals surface area contributed by atoms with Crippen molar-refractivity contribution in [3.8, 4) is 0 Å². The molecule has 0 aromatic heterocycles. The molecular formula is C13H21BrN2. The van der Waals surface area contributed by atoms with Crippen LogP contribution in [0.4, 0.5) is 0 Å². The Morgan fingerprint density at radius 1 is 1.38 bits per heavy atom. The van der Waals surface area contributed by atoms with Gasteiger partial charge in [0.15, 0.2) is 0 Å². The van der Waals surface area contributed by atoms with Gasteiger partial charge in [-0.3, -0.25) is 0 Å². The zero-order valence-corrected chi connectivity index (χ0v) is 11.9. The predicted molar refractivity (Wildman–Crippen MR) is 73.2 cm³/mol. The molecule has 2 nitrogen and oxygen atoms in total. The van der Waals surface area contributed by atoms with Crippen LogP contribution in [0.1, 0.15) is 25.0 Å². The zero-order valence-electron chi connectivity index (χ0n) is 10.3.